The molecule has 3 aromatic carbocycles. The van der Waals surface area contributed by atoms with Crippen molar-refractivity contribution in [2.45, 2.75) is 32.9 Å². The third kappa shape index (κ3) is 9.11. The maximum absolute atomic E-state index is 14.1. The topological polar surface area (TPSA) is 90.0 Å². The van der Waals surface area contributed by atoms with Crippen LogP contribution in [0.4, 0.5) is 10.1 Å². The predicted molar refractivity (Wildman–Crippen MR) is 163 cm³/mol. The minimum Gasteiger partial charge on any atom is -0.354 e. The quantitative estimate of drug-likeness (QED) is 0.294. The van der Waals surface area contributed by atoms with Crippen LogP contribution in [0.1, 0.15) is 25.0 Å². The first-order valence-corrected chi connectivity index (χ1v) is 15.4. The van der Waals surface area contributed by atoms with Crippen molar-refractivity contribution in [1.82, 2.24) is 14.5 Å². The van der Waals surface area contributed by atoms with Crippen LogP contribution < -0.4 is 9.62 Å². The smallest absolute Gasteiger partial charge is 0.304 e. The Morgan fingerprint density at radius 2 is 1.51 bits per heavy atom. The third-order valence-corrected chi connectivity index (χ3v) is 8.70. The van der Waals surface area contributed by atoms with Crippen LogP contribution in [-0.4, -0.2) is 62.7 Å². The first-order chi connectivity index (χ1) is 19.4. The summed E-state index contributed by atoms with van der Waals surface area (Å²) in [4.78, 5) is 29.2. The molecule has 3 aromatic rings. The normalized spacial score (nSPS) is 12.3. The Balaban J connectivity index is 2.07. The van der Waals surface area contributed by atoms with E-state index in [1.165, 1.54) is 31.1 Å². The van der Waals surface area contributed by atoms with Crippen molar-refractivity contribution in [2.24, 2.45) is 5.92 Å². The number of amides is 2. The molecule has 0 aliphatic heterocycles. The van der Waals surface area contributed by atoms with Gasteiger partial charge >= 0.3 is 10.2 Å². The standard InChI is InChI=1S/C30H36BrFN4O4S/c1-22(2)19-33-30(38)28(18-23-8-6-5-7-9-23)35(20-24-10-12-25(31)13-11-24)29(37)21-36(41(39,40)34(3)4)27-16-14-26(32)15-17-27/h5-17,22,28H,18-21H2,1-4H3,(H,33,38). The van der Waals surface area contributed by atoms with Gasteiger partial charge in [0.15, 0.2) is 0 Å². The molecule has 0 aliphatic carbocycles. The van der Waals surface area contributed by atoms with Gasteiger partial charge in [0.05, 0.1) is 5.69 Å². The van der Waals surface area contributed by atoms with E-state index in [1.54, 1.807) is 0 Å². The zero-order valence-electron chi connectivity index (χ0n) is 23.6. The highest BCUT2D eigenvalue weighted by Gasteiger charge is 2.34. The largest absolute Gasteiger partial charge is 0.354 e. The summed E-state index contributed by atoms with van der Waals surface area (Å²) >= 11 is 3.42. The van der Waals surface area contributed by atoms with E-state index >= 15 is 0 Å². The molecular weight excluding hydrogens is 611 g/mol. The lowest BCUT2D eigenvalue weighted by molar-refractivity contribution is -0.140. The van der Waals surface area contributed by atoms with E-state index in [1.807, 2.05) is 68.4 Å². The van der Waals surface area contributed by atoms with Gasteiger partial charge in [-0.05, 0) is 53.4 Å². The minimum absolute atomic E-state index is 0.0674. The van der Waals surface area contributed by atoms with E-state index in [4.69, 9.17) is 0 Å². The van der Waals surface area contributed by atoms with Crippen LogP contribution in [0.5, 0.6) is 0 Å². The molecule has 11 heteroatoms. The van der Waals surface area contributed by atoms with Gasteiger partial charge in [-0.3, -0.25) is 9.59 Å². The molecule has 1 unspecified atom stereocenters. The van der Waals surface area contributed by atoms with Crippen molar-refractivity contribution < 1.29 is 22.4 Å². The highest BCUT2D eigenvalue weighted by molar-refractivity contribution is 9.10. The molecule has 0 bridgehead atoms. The van der Waals surface area contributed by atoms with Crippen molar-refractivity contribution in [3.05, 3.63) is 100 Å². The van der Waals surface area contributed by atoms with E-state index in [2.05, 4.69) is 21.2 Å². The Labute approximate surface area is 250 Å². The van der Waals surface area contributed by atoms with Gasteiger partial charge in [-0.1, -0.05) is 72.2 Å². The van der Waals surface area contributed by atoms with Crippen LogP contribution >= 0.6 is 15.9 Å². The summed E-state index contributed by atoms with van der Waals surface area (Å²) in [6.45, 7) is 3.85. The summed E-state index contributed by atoms with van der Waals surface area (Å²) in [5.74, 6) is -1.27. The summed E-state index contributed by atoms with van der Waals surface area (Å²) in [5, 5.41) is 2.95. The van der Waals surface area contributed by atoms with Crippen LogP contribution in [0.3, 0.4) is 0 Å². The van der Waals surface area contributed by atoms with Crippen LogP contribution in [0.2, 0.25) is 0 Å². The lowest BCUT2D eigenvalue weighted by atomic mass is 10.0. The van der Waals surface area contributed by atoms with Crippen molar-refractivity contribution in [3.8, 4) is 0 Å². The average molecular weight is 648 g/mol. The molecule has 8 nitrogen and oxygen atoms in total. The maximum atomic E-state index is 14.1. The number of hydrogen-bond donors (Lipinski definition) is 1. The number of hydrogen-bond acceptors (Lipinski definition) is 4. The van der Waals surface area contributed by atoms with E-state index in [0.29, 0.717) is 6.54 Å². The Hall–Kier alpha value is -3.28. The lowest BCUT2D eigenvalue weighted by Gasteiger charge is -2.34. The van der Waals surface area contributed by atoms with Crippen molar-refractivity contribution in [3.63, 3.8) is 0 Å². The number of anilines is 1. The molecule has 0 heterocycles. The minimum atomic E-state index is -4.15. The second-order valence-electron chi connectivity index (χ2n) is 10.3. The molecule has 1 atom stereocenters. The molecule has 0 aliphatic rings. The zero-order chi connectivity index (χ0) is 30.2. The van der Waals surface area contributed by atoms with Gasteiger partial charge < -0.3 is 10.2 Å². The predicted octanol–water partition coefficient (Wildman–Crippen LogP) is 4.61. The lowest BCUT2D eigenvalue weighted by Crippen LogP contribution is -2.54. The van der Waals surface area contributed by atoms with Crippen molar-refractivity contribution in [1.29, 1.82) is 0 Å². The van der Waals surface area contributed by atoms with Crippen LogP contribution in [0, 0.1) is 11.7 Å². The summed E-state index contributed by atoms with van der Waals surface area (Å²) in [7, 11) is -1.44. The van der Waals surface area contributed by atoms with E-state index < -0.39 is 34.5 Å². The number of nitrogens with one attached hydrogen (secondary N) is 1. The van der Waals surface area contributed by atoms with Gasteiger partial charge in [-0.2, -0.15) is 12.7 Å². The fraction of sp³-hybridized carbons (Fsp3) is 0.333. The Morgan fingerprint density at radius 1 is 0.902 bits per heavy atom. The summed E-state index contributed by atoms with van der Waals surface area (Å²) in [6.07, 6.45) is 0.226. The molecule has 220 valence electrons. The van der Waals surface area contributed by atoms with Crippen LogP contribution in [0.25, 0.3) is 0 Å². The molecule has 0 spiro atoms. The number of halogens is 2. The fourth-order valence-corrected chi connectivity index (χ4v) is 5.41. The number of carbonyl (C=O) groups is 2. The maximum Gasteiger partial charge on any atom is 0.304 e. The Kier molecular flexibility index (Phi) is 11.5. The molecule has 0 saturated heterocycles. The molecule has 41 heavy (non-hydrogen) atoms. The SMILES string of the molecule is CC(C)CNC(=O)C(Cc1ccccc1)N(Cc1ccc(Br)cc1)C(=O)CN(c1ccc(F)cc1)S(=O)(=O)N(C)C. The monoisotopic (exact) mass is 646 g/mol. The zero-order valence-corrected chi connectivity index (χ0v) is 26.0. The first kappa shape index (κ1) is 32.2. The summed E-state index contributed by atoms with van der Waals surface area (Å²) in [6, 6.07) is 20.7. The van der Waals surface area contributed by atoms with Gasteiger partial charge in [0.2, 0.25) is 11.8 Å². The van der Waals surface area contributed by atoms with Crippen molar-refractivity contribution in [2.75, 3.05) is 31.5 Å². The Bertz CT molecular complexity index is 1400. The molecular formula is C30H36BrFN4O4S. The number of benzene rings is 3. The van der Waals surface area contributed by atoms with E-state index in [-0.39, 0.29) is 30.5 Å². The number of nitrogens with zero attached hydrogens (tertiary/aromatic N) is 3. The van der Waals surface area contributed by atoms with Gasteiger partial charge in [0.25, 0.3) is 0 Å². The third-order valence-electron chi connectivity index (χ3n) is 6.36. The van der Waals surface area contributed by atoms with Crippen LogP contribution in [0.15, 0.2) is 83.3 Å². The van der Waals surface area contributed by atoms with Crippen molar-refractivity contribution >= 4 is 43.6 Å². The van der Waals surface area contributed by atoms with Gasteiger partial charge in [-0.15, -0.1) is 0 Å². The molecule has 0 fully saturated rings. The average Bonchev–Trinajstić information content (AvgIpc) is 2.94. The summed E-state index contributed by atoms with van der Waals surface area (Å²) < 4.78 is 43.2. The highest BCUT2D eigenvalue weighted by atomic mass is 79.9. The number of rotatable bonds is 13. The summed E-state index contributed by atoms with van der Waals surface area (Å²) in [5.41, 5.74) is 1.74. The fourth-order valence-electron chi connectivity index (χ4n) is 4.09. The first-order valence-electron chi connectivity index (χ1n) is 13.2. The second-order valence-corrected chi connectivity index (χ2v) is 13.2. The molecule has 2 amide bonds. The number of carbonyl (C=O) groups excluding carboxylic acids is 2. The van der Waals surface area contributed by atoms with E-state index in [9.17, 15) is 22.4 Å². The molecule has 1 N–H and O–H groups in total. The Morgan fingerprint density at radius 3 is 2.07 bits per heavy atom. The van der Waals surface area contributed by atoms with Gasteiger partial charge in [-0.25, -0.2) is 8.70 Å². The highest BCUT2D eigenvalue weighted by Crippen LogP contribution is 2.22. The van der Waals surface area contributed by atoms with Gasteiger partial charge in [0, 0.05) is 38.1 Å². The molecule has 0 aromatic heterocycles. The molecule has 3 rings (SSSR count). The molecule has 0 saturated carbocycles. The molecule has 0 radical (unpaired) electrons. The van der Waals surface area contributed by atoms with Crippen LogP contribution in [-0.2, 0) is 32.8 Å². The second kappa shape index (κ2) is 14.6. The van der Waals surface area contributed by atoms with E-state index in [0.717, 1.165) is 36.3 Å². The van der Waals surface area contributed by atoms with Gasteiger partial charge in [0.1, 0.15) is 18.4 Å².